The van der Waals surface area contributed by atoms with Crippen LogP contribution >= 0.6 is 23.5 Å². The summed E-state index contributed by atoms with van der Waals surface area (Å²) in [7, 11) is 0. The first kappa shape index (κ1) is 55.9. The molecular formula is C66H86N6O2S2. The first-order valence-electron chi connectivity index (χ1n) is 29.9. The van der Waals surface area contributed by atoms with Crippen LogP contribution in [0.5, 0.6) is 0 Å². The Morgan fingerprint density at radius 3 is 1.61 bits per heavy atom. The van der Waals surface area contributed by atoms with Gasteiger partial charge in [0, 0.05) is 24.9 Å². The molecule has 1 saturated heterocycles. The van der Waals surface area contributed by atoms with E-state index in [4.69, 9.17) is 9.73 Å². The minimum Gasteiger partial charge on any atom is -0.463 e. The van der Waals surface area contributed by atoms with Gasteiger partial charge in [0.15, 0.2) is 0 Å². The molecule has 404 valence electrons. The number of ether oxygens (including phenoxy) is 1. The van der Waals surface area contributed by atoms with Crippen molar-refractivity contribution < 1.29 is 9.53 Å². The predicted molar refractivity (Wildman–Crippen MR) is 322 cm³/mol. The zero-order valence-corrected chi connectivity index (χ0v) is 47.2. The fourth-order valence-corrected chi connectivity index (χ4v) is 14.7. The van der Waals surface area contributed by atoms with Crippen molar-refractivity contribution in [3.8, 4) is 11.1 Å². The summed E-state index contributed by atoms with van der Waals surface area (Å²) in [6.45, 7) is 6.25. The van der Waals surface area contributed by atoms with Crippen molar-refractivity contribution >= 4 is 51.7 Å². The Kier molecular flexibility index (Phi) is 22.4. The lowest BCUT2D eigenvalue weighted by molar-refractivity contribution is -0.137. The topological polar surface area (TPSA) is 91.3 Å². The molecule has 0 amide bonds. The third kappa shape index (κ3) is 17.6. The largest absolute Gasteiger partial charge is 0.463 e. The zero-order valence-electron chi connectivity index (χ0n) is 45.6. The molecule has 0 spiro atoms. The Labute approximate surface area is 465 Å². The number of amidine groups is 1. The molecule has 8 nitrogen and oxygen atoms in total. The van der Waals surface area contributed by atoms with Crippen LogP contribution < -0.4 is 4.90 Å². The van der Waals surface area contributed by atoms with Gasteiger partial charge in [0.2, 0.25) is 5.17 Å². The minimum absolute atomic E-state index is 0.0846. The maximum Gasteiger partial charge on any atom is 0.330 e. The van der Waals surface area contributed by atoms with E-state index < -0.39 is 0 Å². The zero-order chi connectivity index (χ0) is 52.0. The Morgan fingerprint density at radius 2 is 1.07 bits per heavy atom. The highest BCUT2D eigenvalue weighted by atomic mass is 32.2. The van der Waals surface area contributed by atoms with Crippen molar-refractivity contribution in [1.82, 2.24) is 0 Å². The van der Waals surface area contributed by atoms with Crippen molar-refractivity contribution in [2.45, 2.75) is 196 Å². The number of nitrogens with zero attached hydrogens (tertiary/aromatic N) is 6. The monoisotopic (exact) mass is 1060 g/mol. The first-order valence-corrected chi connectivity index (χ1v) is 31.7. The summed E-state index contributed by atoms with van der Waals surface area (Å²) in [5, 5.41) is 20.0. The molecule has 5 aliphatic rings. The van der Waals surface area contributed by atoms with E-state index in [0.717, 1.165) is 77.6 Å². The maximum atomic E-state index is 11.1. The quantitative estimate of drug-likeness (QED) is 0.0245. The normalized spacial score (nSPS) is 22.6. The number of benzene rings is 4. The average molecular weight is 1060 g/mol. The number of aryl methyl sites for hydroxylation is 1. The van der Waals surface area contributed by atoms with Crippen LogP contribution in [0.2, 0.25) is 0 Å². The Hall–Kier alpha value is -4.80. The second-order valence-electron chi connectivity index (χ2n) is 22.6. The smallest absolute Gasteiger partial charge is 0.330 e. The van der Waals surface area contributed by atoms with Crippen LogP contribution in [-0.4, -0.2) is 41.5 Å². The molecule has 0 radical (unpaired) electrons. The highest BCUT2D eigenvalue weighted by Gasteiger charge is 2.36. The number of azo groups is 2. The maximum absolute atomic E-state index is 11.1. The van der Waals surface area contributed by atoms with Crippen LogP contribution in [0, 0.1) is 11.8 Å². The number of thioether (sulfide) groups is 2. The van der Waals surface area contributed by atoms with Crippen LogP contribution in [-0.2, 0) is 16.0 Å². The summed E-state index contributed by atoms with van der Waals surface area (Å²) in [6.07, 6.45) is 39.1. The summed E-state index contributed by atoms with van der Waals surface area (Å²) < 4.78 is 5.06. The number of hydrogen-bond acceptors (Lipinski definition) is 10. The Morgan fingerprint density at radius 1 is 0.566 bits per heavy atom. The summed E-state index contributed by atoms with van der Waals surface area (Å²) in [6, 6.07) is 36.3. The van der Waals surface area contributed by atoms with E-state index in [0.29, 0.717) is 6.61 Å². The molecule has 9 rings (SSSR count). The van der Waals surface area contributed by atoms with Gasteiger partial charge in [-0.25, -0.2) is 9.79 Å². The first-order chi connectivity index (χ1) is 37.5. The van der Waals surface area contributed by atoms with Gasteiger partial charge < -0.3 is 9.64 Å². The van der Waals surface area contributed by atoms with E-state index in [2.05, 4.69) is 123 Å². The summed E-state index contributed by atoms with van der Waals surface area (Å²) in [5.41, 5.74) is 10.2. The van der Waals surface area contributed by atoms with Crippen molar-refractivity contribution in [3.63, 3.8) is 0 Å². The van der Waals surface area contributed by atoms with Gasteiger partial charge in [-0.1, -0.05) is 181 Å². The number of hydrogen-bond donors (Lipinski definition) is 0. The van der Waals surface area contributed by atoms with Crippen molar-refractivity contribution in [2.75, 3.05) is 24.6 Å². The molecule has 3 aliphatic heterocycles. The van der Waals surface area contributed by atoms with Gasteiger partial charge in [0.1, 0.15) is 10.4 Å². The fourth-order valence-electron chi connectivity index (χ4n) is 12.4. The molecule has 0 aromatic heterocycles. The molecule has 76 heavy (non-hydrogen) atoms. The number of aliphatic imine (C=N–C) groups is 1. The number of carbonyl (C=O) groups is 1. The second kappa shape index (κ2) is 30.4. The molecule has 2 aliphatic carbocycles. The number of anilines is 1. The number of rotatable bonds is 28. The predicted octanol–water partition coefficient (Wildman–Crippen LogP) is 20.0. The van der Waals surface area contributed by atoms with Gasteiger partial charge >= 0.3 is 5.97 Å². The number of unbranched alkanes of at least 4 members (excludes halogenated alkanes) is 12. The second-order valence-corrected chi connectivity index (χ2v) is 24.9. The van der Waals surface area contributed by atoms with Gasteiger partial charge in [-0.15, -0.1) is 15.3 Å². The Balaban J connectivity index is 0.568. The molecular weight excluding hydrogens is 973 g/mol. The molecule has 2 atom stereocenters. The molecule has 2 unspecified atom stereocenters. The SMILES string of the molecule is C=CC(=O)OCCCCCCCCCCC1CCC(c2ccc(-c3ccc(C4CCC(CCCCCCCCc5ccc(N=NC6=CC7SC(N=Nc8ccc(N9CCCC9)cc8)=NC7S6)cc5)CC4)cc3)cc2)CC1. The summed E-state index contributed by atoms with van der Waals surface area (Å²) >= 11 is 3.31. The van der Waals surface area contributed by atoms with Gasteiger partial charge in [-0.2, -0.15) is 5.11 Å². The highest BCUT2D eigenvalue weighted by Crippen LogP contribution is 2.46. The average Bonchev–Trinajstić information content (AvgIpc) is 4.25. The van der Waals surface area contributed by atoms with Gasteiger partial charge in [-0.3, -0.25) is 0 Å². The molecule has 3 fully saturated rings. The van der Waals surface area contributed by atoms with Crippen molar-refractivity contribution in [1.29, 1.82) is 0 Å². The number of esters is 1. The molecule has 0 bridgehead atoms. The van der Waals surface area contributed by atoms with Gasteiger partial charge in [0.05, 0.1) is 23.2 Å². The van der Waals surface area contributed by atoms with E-state index in [-0.39, 0.29) is 16.6 Å². The van der Waals surface area contributed by atoms with Crippen LogP contribution in [0.4, 0.5) is 17.1 Å². The lowest BCUT2D eigenvalue weighted by Crippen LogP contribution is -2.17. The third-order valence-corrected chi connectivity index (χ3v) is 19.5. The lowest BCUT2D eigenvalue weighted by Gasteiger charge is -2.29. The molecule has 4 aromatic rings. The summed E-state index contributed by atoms with van der Waals surface area (Å²) in [4.78, 5) is 18.3. The highest BCUT2D eigenvalue weighted by molar-refractivity contribution is 8.16. The molecule has 10 heteroatoms. The van der Waals surface area contributed by atoms with Crippen LogP contribution in [0.1, 0.15) is 195 Å². The lowest BCUT2D eigenvalue weighted by atomic mass is 9.76. The van der Waals surface area contributed by atoms with E-state index in [9.17, 15) is 4.79 Å². The molecule has 4 aromatic carbocycles. The standard InChI is InChI=1S/C66H86N6O2S2/c1-2-64(73)74-48-18-12-8-4-3-5-9-13-19-50-22-28-53(29-23-50)55-32-36-57(37-33-55)58-38-34-56(35-39-58)54-30-24-51(25-31-54)20-14-10-6-7-11-15-21-52-26-40-59(41-27-52)68-70-63-49-62-65(76-63)67-66(75-62)71-69-60-42-44-61(45-43-60)72-46-16-17-47-72/h2,26-27,32-45,49-51,53-54,62,65H,1,3-25,28-31,46-48H2. The number of carbonyl (C=O) groups excluding carboxylic acids is 1. The fraction of sp³-hybridized carbons (Fsp3) is 0.545. The number of fused-ring (bicyclic) bond motifs is 1. The van der Waals surface area contributed by atoms with E-state index in [1.807, 2.05) is 12.1 Å². The van der Waals surface area contributed by atoms with Gasteiger partial charge in [-0.05, 0) is 177 Å². The minimum atomic E-state index is -0.306. The molecule has 3 heterocycles. The van der Waals surface area contributed by atoms with Crippen LogP contribution in [0.15, 0.2) is 146 Å². The van der Waals surface area contributed by atoms with E-state index in [1.54, 1.807) is 34.7 Å². The molecule has 2 saturated carbocycles. The van der Waals surface area contributed by atoms with Crippen molar-refractivity contribution in [3.05, 3.63) is 138 Å². The van der Waals surface area contributed by atoms with Crippen LogP contribution in [0.3, 0.4) is 0 Å². The van der Waals surface area contributed by atoms with E-state index >= 15 is 0 Å². The van der Waals surface area contributed by atoms with E-state index in [1.165, 1.54) is 183 Å². The third-order valence-electron chi connectivity index (χ3n) is 17.1. The Bertz CT molecular complexity index is 2500. The van der Waals surface area contributed by atoms with Crippen molar-refractivity contribution in [2.24, 2.45) is 37.3 Å². The van der Waals surface area contributed by atoms with Crippen LogP contribution in [0.25, 0.3) is 11.1 Å². The molecule has 0 N–H and O–H groups in total. The summed E-state index contributed by atoms with van der Waals surface area (Å²) in [5.74, 6) is 3.00. The van der Waals surface area contributed by atoms with Gasteiger partial charge in [0.25, 0.3) is 0 Å².